The van der Waals surface area contributed by atoms with Gasteiger partial charge in [-0.3, -0.25) is 4.39 Å². The molecule has 2 aromatic rings. The standard InChI is InChI=1S/C22H23F3O4/c23-15-3-1-2-4-16-28-19-10-12-20(13-11-19)29-22(24,25)18-8-5-17(6-9-18)7-14-21(26)27/h5-14H,1-4,15-16H2,(H,26,27). The minimum atomic E-state index is -3.55. The molecule has 0 saturated heterocycles. The van der Waals surface area contributed by atoms with E-state index in [0.29, 0.717) is 24.3 Å². The van der Waals surface area contributed by atoms with Crippen LogP contribution in [0.2, 0.25) is 0 Å². The highest BCUT2D eigenvalue weighted by atomic mass is 19.3. The zero-order chi connectivity index (χ0) is 21.1. The predicted octanol–water partition coefficient (Wildman–Crippen LogP) is 5.82. The van der Waals surface area contributed by atoms with E-state index < -0.39 is 12.1 Å². The number of carboxylic acid groups (broad SMARTS) is 1. The van der Waals surface area contributed by atoms with Crippen LogP contribution in [0.4, 0.5) is 13.2 Å². The summed E-state index contributed by atoms with van der Waals surface area (Å²) in [5.74, 6) is -0.590. The number of hydrogen-bond acceptors (Lipinski definition) is 3. The molecule has 0 aliphatic rings. The second-order valence-electron chi connectivity index (χ2n) is 6.34. The van der Waals surface area contributed by atoms with Crippen LogP contribution in [-0.2, 0) is 10.9 Å². The molecule has 1 N–H and O–H groups in total. The molecule has 2 rings (SSSR count). The van der Waals surface area contributed by atoms with Crippen molar-refractivity contribution >= 4 is 12.0 Å². The first kappa shape index (κ1) is 22.3. The van der Waals surface area contributed by atoms with Gasteiger partial charge in [0.15, 0.2) is 0 Å². The number of aliphatic carboxylic acids is 1. The van der Waals surface area contributed by atoms with E-state index >= 15 is 0 Å². The Hall–Kier alpha value is -2.96. The quantitative estimate of drug-likeness (QED) is 0.355. The first-order valence-corrected chi connectivity index (χ1v) is 9.28. The van der Waals surface area contributed by atoms with Gasteiger partial charge in [-0.1, -0.05) is 18.6 Å². The van der Waals surface area contributed by atoms with E-state index in [2.05, 4.69) is 0 Å². The van der Waals surface area contributed by atoms with E-state index in [9.17, 15) is 18.0 Å². The Balaban J connectivity index is 1.88. The van der Waals surface area contributed by atoms with Gasteiger partial charge in [0, 0.05) is 6.08 Å². The number of halogens is 3. The third-order valence-electron chi connectivity index (χ3n) is 4.03. The van der Waals surface area contributed by atoms with E-state index in [4.69, 9.17) is 14.6 Å². The van der Waals surface area contributed by atoms with E-state index in [0.717, 1.165) is 25.3 Å². The fraction of sp³-hybridized carbons (Fsp3) is 0.318. The first-order chi connectivity index (χ1) is 13.9. The molecule has 2 aromatic carbocycles. The average Bonchev–Trinajstić information content (AvgIpc) is 2.70. The van der Waals surface area contributed by atoms with Gasteiger partial charge < -0.3 is 14.6 Å². The summed E-state index contributed by atoms with van der Waals surface area (Å²) in [4.78, 5) is 10.5. The molecule has 29 heavy (non-hydrogen) atoms. The van der Waals surface area contributed by atoms with Crippen LogP contribution in [0.15, 0.2) is 54.6 Å². The van der Waals surface area contributed by atoms with Crippen molar-refractivity contribution in [3.63, 3.8) is 0 Å². The van der Waals surface area contributed by atoms with Crippen molar-refractivity contribution in [1.82, 2.24) is 0 Å². The van der Waals surface area contributed by atoms with Crippen LogP contribution in [0.3, 0.4) is 0 Å². The average molecular weight is 408 g/mol. The molecule has 156 valence electrons. The molecule has 0 fully saturated rings. The topological polar surface area (TPSA) is 55.8 Å². The smallest absolute Gasteiger partial charge is 0.426 e. The van der Waals surface area contributed by atoms with Crippen molar-refractivity contribution in [3.05, 3.63) is 65.7 Å². The maximum absolute atomic E-state index is 14.3. The zero-order valence-corrected chi connectivity index (χ0v) is 15.8. The Bertz CT molecular complexity index is 787. The Morgan fingerprint density at radius 3 is 2.17 bits per heavy atom. The van der Waals surface area contributed by atoms with Crippen molar-refractivity contribution in [2.45, 2.75) is 31.8 Å². The van der Waals surface area contributed by atoms with Crippen molar-refractivity contribution in [1.29, 1.82) is 0 Å². The van der Waals surface area contributed by atoms with Gasteiger partial charge in [-0.05, 0) is 67.3 Å². The second kappa shape index (κ2) is 11.1. The van der Waals surface area contributed by atoms with Gasteiger partial charge in [0.2, 0.25) is 0 Å². The number of benzene rings is 2. The molecule has 0 radical (unpaired) electrons. The zero-order valence-electron chi connectivity index (χ0n) is 15.8. The van der Waals surface area contributed by atoms with Crippen LogP contribution < -0.4 is 9.47 Å². The number of unbranched alkanes of at least 4 members (excludes halogenated alkanes) is 3. The van der Waals surface area contributed by atoms with Crippen molar-refractivity contribution in [2.24, 2.45) is 0 Å². The molecule has 0 aliphatic carbocycles. The Morgan fingerprint density at radius 1 is 0.931 bits per heavy atom. The van der Waals surface area contributed by atoms with Crippen LogP contribution in [0.25, 0.3) is 6.08 Å². The molecule has 0 unspecified atom stereocenters. The SMILES string of the molecule is O=C(O)C=Cc1ccc(C(F)(F)Oc2ccc(OCCCCCCF)cc2)cc1. The lowest BCUT2D eigenvalue weighted by atomic mass is 10.1. The van der Waals surface area contributed by atoms with Gasteiger partial charge in [-0.15, -0.1) is 0 Å². The lowest BCUT2D eigenvalue weighted by Crippen LogP contribution is -2.21. The van der Waals surface area contributed by atoms with Crippen LogP contribution in [0.5, 0.6) is 11.5 Å². The molecule has 0 heterocycles. The Morgan fingerprint density at radius 2 is 1.55 bits per heavy atom. The normalized spacial score (nSPS) is 11.6. The molecule has 0 saturated carbocycles. The lowest BCUT2D eigenvalue weighted by Gasteiger charge is -2.18. The van der Waals surface area contributed by atoms with Gasteiger partial charge >= 0.3 is 12.1 Å². The fourth-order valence-corrected chi connectivity index (χ4v) is 2.51. The predicted molar refractivity (Wildman–Crippen MR) is 104 cm³/mol. The highest BCUT2D eigenvalue weighted by Crippen LogP contribution is 2.32. The highest BCUT2D eigenvalue weighted by Gasteiger charge is 2.34. The number of alkyl halides is 3. The van der Waals surface area contributed by atoms with Gasteiger partial charge in [0.05, 0.1) is 18.8 Å². The number of carboxylic acids is 1. The summed E-state index contributed by atoms with van der Waals surface area (Å²) >= 11 is 0. The molecule has 7 heteroatoms. The monoisotopic (exact) mass is 408 g/mol. The van der Waals surface area contributed by atoms with E-state index in [-0.39, 0.29) is 18.0 Å². The number of rotatable bonds is 12. The summed E-state index contributed by atoms with van der Waals surface area (Å²) < 4.78 is 51.0. The van der Waals surface area contributed by atoms with Crippen LogP contribution in [0.1, 0.15) is 36.8 Å². The summed E-state index contributed by atoms with van der Waals surface area (Å²) in [6.07, 6.45) is 1.74. The van der Waals surface area contributed by atoms with Crippen molar-refractivity contribution in [2.75, 3.05) is 13.3 Å². The Kier molecular flexibility index (Phi) is 8.58. The minimum Gasteiger partial charge on any atom is -0.494 e. The molecular formula is C22H23F3O4. The molecule has 0 spiro atoms. The summed E-state index contributed by atoms with van der Waals surface area (Å²) in [5, 5.41) is 8.59. The largest absolute Gasteiger partial charge is 0.494 e. The molecule has 0 bridgehead atoms. The lowest BCUT2D eigenvalue weighted by molar-refractivity contribution is -0.185. The van der Waals surface area contributed by atoms with E-state index in [1.54, 1.807) is 12.1 Å². The van der Waals surface area contributed by atoms with Crippen molar-refractivity contribution < 1.29 is 32.5 Å². The molecular weight excluding hydrogens is 385 g/mol. The molecule has 0 aromatic heterocycles. The maximum atomic E-state index is 14.3. The highest BCUT2D eigenvalue weighted by molar-refractivity contribution is 5.85. The molecule has 0 amide bonds. The number of hydrogen-bond donors (Lipinski definition) is 1. The fourth-order valence-electron chi connectivity index (χ4n) is 2.51. The number of ether oxygens (including phenoxy) is 2. The molecule has 0 aliphatic heterocycles. The summed E-state index contributed by atoms with van der Waals surface area (Å²) in [6.45, 7) is 0.171. The minimum absolute atomic E-state index is 0.0138. The second-order valence-corrected chi connectivity index (χ2v) is 6.34. The van der Waals surface area contributed by atoms with Gasteiger partial charge in [-0.25, -0.2) is 4.79 Å². The van der Waals surface area contributed by atoms with Crippen LogP contribution >= 0.6 is 0 Å². The van der Waals surface area contributed by atoms with E-state index in [1.165, 1.54) is 42.5 Å². The van der Waals surface area contributed by atoms with Gasteiger partial charge in [-0.2, -0.15) is 8.78 Å². The Labute approximate surface area is 167 Å². The van der Waals surface area contributed by atoms with Crippen LogP contribution in [0, 0.1) is 0 Å². The third kappa shape index (κ3) is 7.89. The molecule has 4 nitrogen and oxygen atoms in total. The van der Waals surface area contributed by atoms with Crippen molar-refractivity contribution in [3.8, 4) is 11.5 Å². The summed E-state index contributed by atoms with van der Waals surface area (Å²) in [5.41, 5.74) is 0.136. The summed E-state index contributed by atoms with van der Waals surface area (Å²) in [6, 6.07) is 11.0. The van der Waals surface area contributed by atoms with Gasteiger partial charge in [0.25, 0.3) is 0 Å². The summed E-state index contributed by atoms with van der Waals surface area (Å²) in [7, 11) is 0. The van der Waals surface area contributed by atoms with Crippen LogP contribution in [-0.4, -0.2) is 24.4 Å². The first-order valence-electron chi connectivity index (χ1n) is 9.28. The maximum Gasteiger partial charge on any atom is 0.426 e. The number of carbonyl (C=O) groups is 1. The van der Waals surface area contributed by atoms with Gasteiger partial charge in [0.1, 0.15) is 11.5 Å². The third-order valence-corrected chi connectivity index (χ3v) is 4.03. The molecule has 0 atom stereocenters. The van der Waals surface area contributed by atoms with E-state index in [1.807, 2.05) is 0 Å².